The molecule has 0 N–H and O–H groups in total. The number of benzene rings is 2. The van der Waals surface area contributed by atoms with E-state index in [1.54, 1.807) is 23.5 Å². The summed E-state index contributed by atoms with van der Waals surface area (Å²) in [5, 5.41) is 12.5. The number of thiazole rings is 1. The molecule has 1 saturated heterocycles. The van der Waals surface area contributed by atoms with Crippen molar-refractivity contribution in [1.29, 1.82) is 0 Å². The number of hydrogen-bond donors (Lipinski definition) is 0. The number of non-ortho nitro benzene ring substituents is 1. The Hall–Kier alpha value is -2.55. The van der Waals surface area contributed by atoms with Crippen LogP contribution in [0.1, 0.15) is 34.9 Å². The molecule has 5 rings (SSSR count). The maximum atomic E-state index is 11.4. The highest BCUT2D eigenvalue weighted by Crippen LogP contribution is 2.36. The van der Waals surface area contributed by atoms with E-state index in [0.717, 1.165) is 48.3 Å². The minimum Gasteiger partial charge on any atom is -0.467 e. The number of nitro benzene ring substituents is 1. The normalized spacial score (nSPS) is 19.7. The smallest absolute Gasteiger partial charge is 0.270 e. The molecule has 150 valence electrons. The predicted molar refractivity (Wildman–Crippen MR) is 110 cm³/mol. The van der Waals surface area contributed by atoms with E-state index in [1.807, 2.05) is 12.1 Å². The molecule has 0 radical (unpaired) electrons. The number of likely N-dealkylation sites (tertiary alicyclic amines) is 1. The number of para-hydroxylation sites is 1. The molecule has 1 aromatic heterocycles. The van der Waals surface area contributed by atoms with Crippen LogP contribution in [0.25, 0.3) is 10.2 Å². The fourth-order valence-corrected chi connectivity index (χ4v) is 5.30. The van der Waals surface area contributed by atoms with Crippen LogP contribution < -0.4 is 4.74 Å². The summed E-state index contributed by atoms with van der Waals surface area (Å²) in [5.41, 5.74) is 2.76. The molecular weight excluding hydrogens is 390 g/mol. The van der Waals surface area contributed by atoms with Crippen molar-refractivity contribution in [3.05, 3.63) is 62.6 Å². The van der Waals surface area contributed by atoms with Gasteiger partial charge in [0.05, 0.1) is 26.8 Å². The van der Waals surface area contributed by atoms with Crippen LogP contribution in [0.15, 0.2) is 36.4 Å². The predicted octanol–water partition coefficient (Wildman–Crippen LogP) is 4.45. The van der Waals surface area contributed by atoms with E-state index in [2.05, 4.69) is 17.0 Å². The number of nitrogens with zero attached hydrogens (tertiary/aromatic N) is 3. The third-order valence-electron chi connectivity index (χ3n) is 5.54. The standard InChI is InChI=1S/C21H21N3O4S/c25-24(26)17-8-15(20-16(9-17)12-27-13-28-20)11-23-7-3-4-14(10-23)21-22-18-5-1-2-6-19(18)29-21/h1-2,5-6,8-9,14H,3-4,7,10-13H2. The number of nitro groups is 1. The molecule has 2 aliphatic heterocycles. The zero-order valence-corrected chi connectivity index (χ0v) is 16.7. The molecule has 1 fully saturated rings. The lowest BCUT2D eigenvalue weighted by atomic mass is 9.97. The maximum absolute atomic E-state index is 11.4. The Labute approximate surface area is 172 Å². The molecule has 0 aliphatic carbocycles. The highest BCUT2D eigenvalue weighted by molar-refractivity contribution is 7.18. The van der Waals surface area contributed by atoms with Gasteiger partial charge < -0.3 is 9.47 Å². The molecule has 0 bridgehead atoms. The summed E-state index contributed by atoms with van der Waals surface area (Å²) in [6, 6.07) is 11.4. The first-order chi connectivity index (χ1) is 14.2. The Morgan fingerprint density at radius 3 is 3.07 bits per heavy atom. The lowest BCUT2D eigenvalue weighted by Crippen LogP contribution is -2.34. The van der Waals surface area contributed by atoms with Crippen LogP contribution in [0.2, 0.25) is 0 Å². The average molecular weight is 411 g/mol. The number of piperidine rings is 1. The van der Waals surface area contributed by atoms with Gasteiger partial charge in [-0.2, -0.15) is 0 Å². The van der Waals surface area contributed by atoms with E-state index >= 15 is 0 Å². The van der Waals surface area contributed by atoms with E-state index in [1.165, 1.54) is 9.71 Å². The largest absolute Gasteiger partial charge is 0.467 e. The van der Waals surface area contributed by atoms with Gasteiger partial charge in [0.1, 0.15) is 5.75 Å². The van der Waals surface area contributed by atoms with Crippen molar-refractivity contribution in [3.8, 4) is 5.75 Å². The number of aromatic nitrogens is 1. The summed E-state index contributed by atoms with van der Waals surface area (Å²) in [5.74, 6) is 1.13. The van der Waals surface area contributed by atoms with Gasteiger partial charge in [-0.25, -0.2) is 4.98 Å². The van der Waals surface area contributed by atoms with E-state index in [4.69, 9.17) is 14.5 Å². The third-order valence-corrected chi connectivity index (χ3v) is 6.74. The van der Waals surface area contributed by atoms with Crippen molar-refractivity contribution in [2.75, 3.05) is 19.9 Å². The van der Waals surface area contributed by atoms with Gasteiger partial charge in [0.25, 0.3) is 5.69 Å². The second kappa shape index (κ2) is 7.70. The molecule has 0 amide bonds. The van der Waals surface area contributed by atoms with Crippen LogP contribution in [-0.4, -0.2) is 34.7 Å². The van der Waals surface area contributed by atoms with Crippen molar-refractivity contribution >= 4 is 27.2 Å². The molecule has 7 nitrogen and oxygen atoms in total. The second-order valence-corrected chi connectivity index (χ2v) is 8.62. The van der Waals surface area contributed by atoms with Gasteiger partial charge in [-0.15, -0.1) is 11.3 Å². The fourth-order valence-electron chi connectivity index (χ4n) is 4.21. The highest BCUT2D eigenvalue weighted by Gasteiger charge is 2.27. The molecule has 2 aromatic carbocycles. The monoisotopic (exact) mass is 411 g/mol. The summed E-state index contributed by atoms with van der Waals surface area (Å²) in [6.45, 7) is 3.03. The van der Waals surface area contributed by atoms with Crippen molar-refractivity contribution in [2.24, 2.45) is 0 Å². The highest BCUT2D eigenvalue weighted by atomic mass is 32.1. The van der Waals surface area contributed by atoms with Gasteiger partial charge in [-0.05, 0) is 31.5 Å². The molecular formula is C21H21N3O4S. The Kier molecular flexibility index (Phi) is 4.91. The minimum absolute atomic E-state index is 0.0904. The average Bonchev–Trinajstić information content (AvgIpc) is 3.18. The van der Waals surface area contributed by atoms with E-state index in [0.29, 0.717) is 19.1 Å². The van der Waals surface area contributed by atoms with E-state index in [-0.39, 0.29) is 17.4 Å². The van der Waals surface area contributed by atoms with Crippen molar-refractivity contribution in [1.82, 2.24) is 9.88 Å². The van der Waals surface area contributed by atoms with Gasteiger partial charge >= 0.3 is 0 Å². The first-order valence-corrected chi connectivity index (χ1v) is 10.6. The molecule has 2 aliphatic rings. The number of fused-ring (bicyclic) bond motifs is 2. The van der Waals surface area contributed by atoms with Gasteiger partial charge in [-0.3, -0.25) is 15.0 Å². The molecule has 3 heterocycles. The quantitative estimate of drug-likeness (QED) is 0.466. The molecule has 3 aromatic rings. The van der Waals surface area contributed by atoms with Crippen LogP contribution in [0.5, 0.6) is 5.75 Å². The van der Waals surface area contributed by atoms with Crippen LogP contribution in [0.3, 0.4) is 0 Å². The van der Waals surface area contributed by atoms with Crippen LogP contribution in [0, 0.1) is 10.1 Å². The number of rotatable bonds is 4. The zero-order chi connectivity index (χ0) is 19.8. The van der Waals surface area contributed by atoms with Gasteiger partial charge in [-0.1, -0.05) is 12.1 Å². The van der Waals surface area contributed by atoms with E-state index < -0.39 is 0 Å². The Morgan fingerprint density at radius 2 is 2.21 bits per heavy atom. The molecule has 1 atom stereocenters. The fraction of sp³-hybridized carbons (Fsp3) is 0.381. The molecule has 0 saturated carbocycles. The zero-order valence-electron chi connectivity index (χ0n) is 15.9. The maximum Gasteiger partial charge on any atom is 0.270 e. The van der Waals surface area contributed by atoms with Crippen molar-refractivity contribution in [3.63, 3.8) is 0 Å². The topological polar surface area (TPSA) is 77.7 Å². The van der Waals surface area contributed by atoms with E-state index in [9.17, 15) is 10.1 Å². The SMILES string of the molecule is O=[N+]([O-])c1cc2c(c(CN3CCCC(c4nc5ccccc5s4)C3)c1)OCOC2. The van der Waals surface area contributed by atoms with Gasteiger partial charge in [0, 0.05) is 42.3 Å². The summed E-state index contributed by atoms with van der Waals surface area (Å²) in [7, 11) is 0. The molecule has 29 heavy (non-hydrogen) atoms. The lowest BCUT2D eigenvalue weighted by Gasteiger charge is -2.32. The first kappa shape index (κ1) is 18.5. The van der Waals surface area contributed by atoms with Gasteiger partial charge in [0.2, 0.25) is 0 Å². The van der Waals surface area contributed by atoms with Crippen LogP contribution in [-0.2, 0) is 17.9 Å². The van der Waals surface area contributed by atoms with Gasteiger partial charge in [0.15, 0.2) is 6.79 Å². The lowest BCUT2D eigenvalue weighted by molar-refractivity contribution is -0.385. The van der Waals surface area contributed by atoms with Crippen LogP contribution in [0.4, 0.5) is 5.69 Å². The molecule has 8 heteroatoms. The third kappa shape index (κ3) is 3.71. The van der Waals surface area contributed by atoms with Crippen molar-refractivity contribution in [2.45, 2.75) is 31.9 Å². The summed E-state index contributed by atoms with van der Waals surface area (Å²) in [4.78, 5) is 18.2. The molecule has 0 spiro atoms. The Bertz CT molecular complexity index is 1030. The summed E-state index contributed by atoms with van der Waals surface area (Å²) >= 11 is 1.77. The Balaban J connectivity index is 1.39. The summed E-state index contributed by atoms with van der Waals surface area (Å²) < 4.78 is 12.2. The first-order valence-electron chi connectivity index (χ1n) is 9.76. The second-order valence-electron chi connectivity index (χ2n) is 7.55. The minimum atomic E-state index is -0.349. The number of hydrogen-bond acceptors (Lipinski definition) is 7. The summed E-state index contributed by atoms with van der Waals surface area (Å²) in [6.07, 6.45) is 2.20. The van der Waals surface area contributed by atoms with Crippen LogP contribution >= 0.6 is 11.3 Å². The number of ether oxygens (including phenoxy) is 2. The molecule has 1 unspecified atom stereocenters. The van der Waals surface area contributed by atoms with Crippen molar-refractivity contribution < 1.29 is 14.4 Å². The Morgan fingerprint density at radius 1 is 1.31 bits per heavy atom.